The molecule has 0 aliphatic rings. The van der Waals surface area contributed by atoms with Crippen molar-refractivity contribution in [2.45, 2.75) is 32.7 Å². The topological polar surface area (TPSA) is 91.6 Å². The van der Waals surface area contributed by atoms with E-state index in [-0.39, 0.29) is 6.42 Å². The van der Waals surface area contributed by atoms with Gasteiger partial charge >= 0.3 is 0 Å². The zero-order valence-corrected chi connectivity index (χ0v) is 13.4. The quantitative estimate of drug-likeness (QED) is 0.749. The van der Waals surface area contributed by atoms with Crippen molar-refractivity contribution in [3.63, 3.8) is 0 Å². The number of unbranched alkanes of at least 4 members (excludes halogenated alkanes) is 1. The molecule has 0 radical (unpaired) electrons. The lowest BCUT2D eigenvalue weighted by Crippen LogP contribution is -2.14. The number of carbonyl (C=O) groups excluding carboxylic acids is 1. The van der Waals surface area contributed by atoms with Crippen molar-refractivity contribution < 1.29 is 4.79 Å². The van der Waals surface area contributed by atoms with E-state index in [1.165, 1.54) is 0 Å². The van der Waals surface area contributed by atoms with Crippen LogP contribution < -0.4 is 5.73 Å². The number of nitrogens with two attached hydrogens (primary N) is 1. The highest BCUT2D eigenvalue weighted by atomic mass is 16.1. The number of primary amides is 1. The summed E-state index contributed by atoms with van der Waals surface area (Å²) in [6.45, 7) is 2.86. The van der Waals surface area contributed by atoms with E-state index >= 15 is 0 Å². The van der Waals surface area contributed by atoms with Crippen LogP contribution in [0.5, 0.6) is 0 Å². The van der Waals surface area contributed by atoms with Crippen molar-refractivity contribution in [2.75, 3.05) is 0 Å². The first-order chi connectivity index (χ1) is 11.1. The van der Waals surface area contributed by atoms with E-state index in [1.807, 2.05) is 40.7 Å². The second-order valence-corrected chi connectivity index (χ2v) is 5.61. The fourth-order valence-electron chi connectivity index (χ4n) is 2.53. The van der Waals surface area contributed by atoms with Gasteiger partial charge in [0.2, 0.25) is 5.91 Å². The van der Waals surface area contributed by atoms with Crippen molar-refractivity contribution in [2.24, 2.45) is 12.8 Å². The number of hydrogen-bond donors (Lipinski definition) is 1. The average molecular weight is 312 g/mol. The van der Waals surface area contributed by atoms with Gasteiger partial charge in [0.15, 0.2) is 11.6 Å². The second kappa shape index (κ2) is 6.20. The van der Waals surface area contributed by atoms with Crippen molar-refractivity contribution in [3.8, 4) is 11.5 Å². The van der Waals surface area contributed by atoms with Crippen LogP contribution in [0.1, 0.15) is 25.6 Å². The maximum atomic E-state index is 11.1. The molecule has 0 unspecified atom stereocenters. The van der Waals surface area contributed by atoms with E-state index < -0.39 is 5.91 Å². The lowest BCUT2D eigenvalue weighted by Gasteiger charge is -2.05. The third-order valence-corrected chi connectivity index (χ3v) is 3.72. The Bertz CT molecular complexity index is 847. The zero-order chi connectivity index (χ0) is 16.4. The van der Waals surface area contributed by atoms with Gasteiger partial charge in [-0.2, -0.15) is 5.10 Å². The van der Waals surface area contributed by atoms with Crippen LogP contribution in [-0.4, -0.2) is 30.2 Å². The highest BCUT2D eigenvalue weighted by molar-refractivity contribution is 5.79. The first-order valence-electron chi connectivity index (χ1n) is 7.73. The Morgan fingerprint density at radius 1 is 1.26 bits per heavy atom. The highest BCUT2D eigenvalue weighted by Gasteiger charge is 2.15. The number of nitrogens with zero attached hydrogens (tertiary/aromatic N) is 5. The summed E-state index contributed by atoms with van der Waals surface area (Å²) in [7, 11) is 1.96. The molecular formula is C16H20N6O. The fraction of sp³-hybridized carbons (Fsp3) is 0.375. The van der Waals surface area contributed by atoms with Crippen molar-refractivity contribution in [1.29, 1.82) is 0 Å². The van der Waals surface area contributed by atoms with Gasteiger partial charge in [0.1, 0.15) is 11.3 Å². The minimum absolute atomic E-state index is 0.0402. The zero-order valence-electron chi connectivity index (χ0n) is 13.4. The van der Waals surface area contributed by atoms with E-state index in [4.69, 9.17) is 5.73 Å². The summed E-state index contributed by atoms with van der Waals surface area (Å²) in [6.07, 6.45) is 4.05. The van der Waals surface area contributed by atoms with Crippen LogP contribution in [0.4, 0.5) is 0 Å². The Labute approximate surface area is 134 Å². The Kier molecular flexibility index (Phi) is 4.10. The lowest BCUT2D eigenvalue weighted by atomic mass is 10.2. The molecule has 3 aromatic rings. The number of fused-ring (bicyclic) bond motifs is 1. The first kappa shape index (κ1) is 15.2. The van der Waals surface area contributed by atoms with Gasteiger partial charge in [0.05, 0.1) is 6.42 Å². The van der Waals surface area contributed by atoms with Gasteiger partial charge in [-0.25, -0.2) is 14.6 Å². The van der Waals surface area contributed by atoms with Crippen LogP contribution in [-0.2, 0) is 24.8 Å². The van der Waals surface area contributed by atoms with Crippen LogP contribution in [0.3, 0.4) is 0 Å². The molecule has 23 heavy (non-hydrogen) atoms. The van der Waals surface area contributed by atoms with Crippen LogP contribution in [0.2, 0.25) is 0 Å². The number of hydrogen-bond acceptors (Lipinski definition) is 4. The van der Waals surface area contributed by atoms with Crippen molar-refractivity contribution in [3.05, 3.63) is 30.2 Å². The van der Waals surface area contributed by atoms with E-state index in [0.717, 1.165) is 36.1 Å². The maximum Gasteiger partial charge on any atom is 0.225 e. The number of carbonyl (C=O) groups is 1. The molecule has 120 valence electrons. The van der Waals surface area contributed by atoms with Gasteiger partial charge in [-0.15, -0.1) is 0 Å². The molecule has 0 saturated carbocycles. The van der Waals surface area contributed by atoms with Gasteiger partial charge in [-0.3, -0.25) is 4.79 Å². The predicted molar refractivity (Wildman–Crippen MR) is 87.5 cm³/mol. The SMILES string of the molecule is CCCCn1nc(CC(N)=O)nc1-c1ccc2ccn(C)c2n1. The molecule has 0 fully saturated rings. The molecule has 1 amide bonds. The number of amides is 1. The smallest absolute Gasteiger partial charge is 0.225 e. The normalized spacial score (nSPS) is 11.2. The van der Waals surface area contributed by atoms with Crippen LogP contribution in [0.15, 0.2) is 24.4 Å². The van der Waals surface area contributed by atoms with Crippen LogP contribution in [0.25, 0.3) is 22.6 Å². The molecule has 7 nitrogen and oxygen atoms in total. The standard InChI is InChI=1S/C16H20N6O/c1-3-4-8-22-16(19-14(20-22)10-13(17)23)12-6-5-11-7-9-21(2)15(11)18-12/h5-7,9H,3-4,8,10H2,1-2H3,(H2,17,23). The summed E-state index contributed by atoms with van der Waals surface area (Å²) in [5.74, 6) is 0.685. The fourth-order valence-corrected chi connectivity index (χ4v) is 2.53. The molecule has 3 rings (SSSR count). The van der Waals surface area contributed by atoms with E-state index in [2.05, 4.69) is 22.0 Å². The summed E-state index contributed by atoms with van der Waals surface area (Å²) in [6, 6.07) is 5.97. The van der Waals surface area contributed by atoms with Crippen molar-refractivity contribution >= 4 is 16.9 Å². The van der Waals surface area contributed by atoms with Gasteiger partial charge < -0.3 is 10.3 Å². The number of aromatic nitrogens is 5. The summed E-state index contributed by atoms with van der Waals surface area (Å²) in [4.78, 5) is 20.3. The van der Waals surface area contributed by atoms with Gasteiger partial charge in [0.25, 0.3) is 0 Å². The molecule has 0 aromatic carbocycles. The molecule has 3 heterocycles. The second-order valence-electron chi connectivity index (χ2n) is 5.61. The van der Waals surface area contributed by atoms with Crippen molar-refractivity contribution in [1.82, 2.24) is 24.3 Å². The first-order valence-corrected chi connectivity index (χ1v) is 7.73. The monoisotopic (exact) mass is 312 g/mol. The third kappa shape index (κ3) is 3.08. The third-order valence-electron chi connectivity index (χ3n) is 3.72. The van der Waals surface area contributed by atoms with Gasteiger partial charge in [-0.05, 0) is 24.6 Å². The molecule has 2 N–H and O–H groups in total. The number of pyridine rings is 1. The molecule has 3 aromatic heterocycles. The molecule has 7 heteroatoms. The maximum absolute atomic E-state index is 11.1. The van der Waals surface area contributed by atoms with E-state index in [1.54, 1.807) is 0 Å². The summed E-state index contributed by atoms with van der Waals surface area (Å²) < 4.78 is 3.79. The Morgan fingerprint density at radius 3 is 2.83 bits per heavy atom. The minimum Gasteiger partial charge on any atom is -0.369 e. The van der Waals surface area contributed by atoms with Gasteiger partial charge in [-0.1, -0.05) is 13.3 Å². The van der Waals surface area contributed by atoms with Crippen LogP contribution >= 0.6 is 0 Å². The summed E-state index contributed by atoms with van der Waals surface area (Å²) in [5.41, 5.74) is 6.90. The lowest BCUT2D eigenvalue weighted by molar-refractivity contribution is -0.117. The largest absolute Gasteiger partial charge is 0.369 e. The van der Waals surface area contributed by atoms with Gasteiger partial charge in [0, 0.05) is 25.2 Å². The Balaban J connectivity index is 2.05. The predicted octanol–water partition coefficient (Wildman–Crippen LogP) is 1.66. The molecular weight excluding hydrogens is 292 g/mol. The summed E-state index contributed by atoms with van der Waals surface area (Å²) >= 11 is 0. The Hall–Kier alpha value is -2.70. The Morgan fingerprint density at radius 2 is 2.09 bits per heavy atom. The molecule has 0 saturated heterocycles. The number of aryl methyl sites for hydroxylation is 2. The van der Waals surface area contributed by atoms with Crippen LogP contribution in [0, 0.1) is 0 Å². The molecule has 0 aliphatic heterocycles. The minimum atomic E-state index is -0.435. The molecule has 0 spiro atoms. The molecule has 0 aliphatic carbocycles. The molecule has 0 atom stereocenters. The average Bonchev–Trinajstić information content (AvgIpc) is 3.08. The van der Waals surface area contributed by atoms with E-state index in [9.17, 15) is 4.79 Å². The molecule has 0 bridgehead atoms. The number of rotatable bonds is 6. The van der Waals surface area contributed by atoms with E-state index in [0.29, 0.717) is 11.6 Å². The summed E-state index contributed by atoms with van der Waals surface area (Å²) in [5, 5.41) is 5.49. The highest BCUT2D eigenvalue weighted by Crippen LogP contribution is 2.20.